The van der Waals surface area contributed by atoms with Crippen LogP contribution in [-0.2, 0) is 4.74 Å². The Balaban J connectivity index is 2.59. The lowest BCUT2D eigenvalue weighted by Crippen LogP contribution is -2.16. The first-order valence-corrected chi connectivity index (χ1v) is 4.52. The van der Waals surface area contributed by atoms with Gasteiger partial charge in [0.05, 0.1) is 6.26 Å². The molecule has 0 aromatic carbocycles. The first-order chi connectivity index (χ1) is 5.16. The van der Waals surface area contributed by atoms with Crippen LogP contribution in [0.1, 0.15) is 34.1 Å². The first-order valence-electron chi connectivity index (χ1n) is 4.52. The highest BCUT2D eigenvalue weighted by Gasteiger charge is 2.27. The van der Waals surface area contributed by atoms with Gasteiger partial charge in [0.15, 0.2) is 0 Å². The minimum absolute atomic E-state index is 0.437. The van der Waals surface area contributed by atoms with Gasteiger partial charge in [-0.2, -0.15) is 0 Å². The van der Waals surface area contributed by atoms with Crippen LogP contribution in [0.2, 0.25) is 0 Å². The Morgan fingerprint density at radius 1 is 1.55 bits per heavy atom. The fourth-order valence-corrected chi connectivity index (χ4v) is 1.72. The van der Waals surface area contributed by atoms with E-state index in [0.29, 0.717) is 17.9 Å². The lowest BCUT2D eigenvalue weighted by Gasteiger charge is -2.16. The summed E-state index contributed by atoms with van der Waals surface area (Å²) in [6, 6.07) is 0. The van der Waals surface area contributed by atoms with Gasteiger partial charge >= 0.3 is 0 Å². The summed E-state index contributed by atoms with van der Waals surface area (Å²) in [5, 5.41) is 0. The van der Waals surface area contributed by atoms with Crippen LogP contribution in [0.4, 0.5) is 0 Å². The molecular formula is C10H18O. The molecule has 1 aliphatic heterocycles. The summed E-state index contributed by atoms with van der Waals surface area (Å²) in [6.07, 6.45) is 3.52. The van der Waals surface area contributed by atoms with E-state index in [1.807, 2.05) is 6.26 Å². The normalized spacial score (nSPS) is 30.5. The maximum atomic E-state index is 5.53. The van der Waals surface area contributed by atoms with Crippen molar-refractivity contribution >= 4 is 0 Å². The number of hydrogen-bond acceptors (Lipinski definition) is 1. The minimum atomic E-state index is 0.437. The van der Waals surface area contributed by atoms with Crippen LogP contribution >= 0.6 is 0 Å². The second kappa shape index (κ2) is 3.29. The highest BCUT2D eigenvalue weighted by molar-refractivity contribution is 5.11. The van der Waals surface area contributed by atoms with Crippen molar-refractivity contribution in [3.8, 4) is 0 Å². The first kappa shape index (κ1) is 8.63. The molecule has 0 bridgehead atoms. The van der Waals surface area contributed by atoms with E-state index in [1.165, 1.54) is 5.57 Å². The lowest BCUT2D eigenvalue weighted by atomic mass is 9.89. The van der Waals surface area contributed by atoms with E-state index >= 15 is 0 Å². The molecule has 0 amide bonds. The molecule has 0 spiro atoms. The molecule has 0 aromatic rings. The SMILES string of the molecule is CCC1OC=C(C(C)C)C1C. The molecule has 0 saturated heterocycles. The summed E-state index contributed by atoms with van der Waals surface area (Å²) in [6.45, 7) is 8.89. The average molecular weight is 154 g/mol. The van der Waals surface area contributed by atoms with Crippen molar-refractivity contribution in [1.29, 1.82) is 0 Å². The van der Waals surface area contributed by atoms with Gasteiger partial charge in [-0.3, -0.25) is 0 Å². The Bertz CT molecular complexity index is 158. The molecule has 1 rings (SSSR count). The van der Waals surface area contributed by atoms with Crippen LogP contribution in [0.5, 0.6) is 0 Å². The van der Waals surface area contributed by atoms with Crippen molar-refractivity contribution in [3.05, 3.63) is 11.8 Å². The van der Waals surface area contributed by atoms with Crippen LogP contribution in [-0.4, -0.2) is 6.10 Å². The van der Waals surface area contributed by atoms with Gasteiger partial charge in [0.25, 0.3) is 0 Å². The summed E-state index contributed by atoms with van der Waals surface area (Å²) < 4.78 is 5.53. The third kappa shape index (κ3) is 1.58. The van der Waals surface area contributed by atoms with Gasteiger partial charge in [0.1, 0.15) is 6.10 Å². The molecule has 1 heterocycles. The van der Waals surface area contributed by atoms with E-state index < -0.39 is 0 Å². The maximum absolute atomic E-state index is 5.53. The predicted octanol–water partition coefficient (Wildman–Crippen LogP) is 2.97. The molecule has 0 fully saturated rings. The third-order valence-corrected chi connectivity index (χ3v) is 2.53. The molecule has 1 heteroatoms. The highest BCUT2D eigenvalue weighted by atomic mass is 16.5. The summed E-state index contributed by atoms with van der Waals surface area (Å²) in [4.78, 5) is 0. The summed E-state index contributed by atoms with van der Waals surface area (Å²) in [5.41, 5.74) is 1.47. The maximum Gasteiger partial charge on any atom is 0.104 e. The smallest absolute Gasteiger partial charge is 0.104 e. The molecule has 0 radical (unpaired) electrons. The third-order valence-electron chi connectivity index (χ3n) is 2.53. The molecule has 1 aliphatic rings. The number of rotatable bonds is 2. The zero-order valence-electron chi connectivity index (χ0n) is 7.92. The van der Waals surface area contributed by atoms with Crippen molar-refractivity contribution in [2.45, 2.75) is 40.2 Å². The summed E-state index contributed by atoms with van der Waals surface area (Å²) >= 11 is 0. The quantitative estimate of drug-likeness (QED) is 0.594. The number of hydrogen-bond donors (Lipinski definition) is 0. The zero-order valence-corrected chi connectivity index (χ0v) is 7.92. The van der Waals surface area contributed by atoms with Crippen LogP contribution in [0.25, 0.3) is 0 Å². The van der Waals surface area contributed by atoms with E-state index in [2.05, 4.69) is 27.7 Å². The van der Waals surface area contributed by atoms with Crippen LogP contribution in [0, 0.1) is 11.8 Å². The molecule has 0 aromatic heterocycles. The molecule has 0 saturated carbocycles. The average Bonchev–Trinajstić information content (AvgIpc) is 2.30. The van der Waals surface area contributed by atoms with Gasteiger partial charge in [0.2, 0.25) is 0 Å². The van der Waals surface area contributed by atoms with Crippen molar-refractivity contribution in [2.75, 3.05) is 0 Å². The molecule has 64 valence electrons. The Labute approximate surface area is 69.4 Å². The van der Waals surface area contributed by atoms with Gasteiger partial charge in [-0.1, -0.05) is 27.7 Å². The molecule has 11 heavy (non-hydrogen) atoms. The Morgan fingerprint density at radius 3 is 2.45 bits per heavy atom. The minimum Gasteiger partial charge on any atom is -0.497 e. The van der Waals surface area contributed by atoms with Gasteiger partial charge in [-0.25, -0.2) is 0 Å². The largest absolute Gasteiger partial charge is 0.497 e. The van der Waals surface area contributed by atoms with Crippen LogP contribution < -0.4 is 0 Å². The van der Waals surface area contributed by atoms with Gasteiger partial charge in [-0.15, -0.1) is 0 Å². The van der Waals surface area contributed by atoms with E-state index in [-0.39, 0.29) is 0 Å². The second-order valence-electron chi connectivity index (χ2n) is 3.64. The van der Waals surface area contributed by atoms with E-state index in [1.54, 1.807) is 0 Å². The van der Waals surface area contributed by atoms with E-state index in [4.69, 9.17) is 4.74 Å². The van der Waals surface area contributed by atoms with Crippen molar-refractivity contribution in [3.63, 3.8) is 0 Å². The Kier molecular flexibility index (Phi) is 2.58. The number of ether oxygens (including phenoxy) is 1. The lowest BCUT2D eigenvalue weighted by molar-refractivity contribution is 0.135. The van der Waals surface area contributed by atoms with Gasteiger partial charge < -0.3 is 4.74 Å². The highest BCUT2D eigenvalue weighted by Crippen LogP contribution is 2.31. The molecular weight excluding hydrogens is 136 g/mol. The summed E-state index contributed by atoms with van der Waals surface area (Å²) in [7, 11) is 0. The van der Waals surface area contributed by atoms with Crippen LogP contribution in [0.3, 0.4) is 0 Å². The van der Waals surface area contributed by atoms with E-state index in [9.17, 15) is 0 Å². The topological polar surface area (TPSA) is 9.23 Å². The Hall–Kier alpha value is -0.460. The molecule has 2 unspecified atom stereocenters. The second-order valence-corrected chi connectivity index (χ2v) is 3.64. The van der Waals surface area contributed by atoms with Crippen molar-refractivity contribution in [2.24, 2.45) is 11.8 Å². The molecule has 2 atom stereocenters. The fraction of sp³-hybridized carbons (Fsp3) is 0.800. The van der Waals surface area contributed by atoms with E-state index in [0.717, 1.165) is 6.42 Å². The van der Waals surface area contributed by atoms with Crippen molar-refractivity contribution in [1.82, 2.24) is 0 Å². The standard InChI is InChI=1S/C10H18O/c1-5-10-8(4)9(6-11-10)7(2)3/h6-8,10H,5H2,1-4H3. The fourth-order valence-electron chi connectivity index (χ4n) is 1.72. The van der Waals surface area contributed by atoms with Crippen LogP contribution in [0.15, 0.2) is 11.8 Å². The molecule has 1 nitrogen and oxygen atoms in total. The summed E-state index contributed by atoms with van der Waals surface area (Å²) in [5.74, 6) is 1.27. The van der Waals surface area contributed by atoms with Gasteiger partial charge in [-0.05, 0) is 17.9 Å². The van der Waals surface area contributed by atoms with Crippen molar-refractivity contribution < 1.29 is 4.74 Å². The Morgan fingerprint density at radius 2 is 2.18 bits per heavy atom. The molecule has 0 N–H and O–H groups in total. The monoisotopic (exact) mass is 154 g/mol. The van der Waals surface area contributed by atoms with Gasteiger partial charge in [0, 0.05) is 5.92 Å². The molecule has 0 aliphatic carbocycles. The predicted molar refractivity (Wildman–Crippen MR) is 47.2 cm³/mol. The zero-order chi connectivity index (χ0) is 8.43.